The molecule has 0 aliphatic rings. The molecule has 0 fully saturated rings. The Morgan fingerprint density at radius 1 is 1.28 bits per heavy atom. The first-order valence-corrected chi connectivity index (χ1v) is 5.41. The second kappa shape index (κ2) is 21.1. The summed E-state index contributed by atoms with van der Waals surface area (Å²) < 4.78 is 24.1. The predicted molar refractivity (Wildman–Crippen MR) is 67.9 cm³/mol. The minimum absolute atomic E-state index is 0.472. The highest BCUT2D eigenvalue weighted by atomic mass is 32.2. The van der Waals surface area contributed by atoms with Gasteiger partial charge in [-0.2, -0.15) is 0 Å². The summed E-state index contributed by atoms with van der Waals surface area (Å²) in [6.45, 7) is 7.51. The van der Waals surface area contributed by atoms with E-state index in [0.29, 0.717) is 0 Å². The van der Waals surface area contributed by atoms with Crippen LogP contribution in [0.4, 0.5) is 0 Å². The van der Waals surface area contributed by atoms with Crippen molar-refractivity contribution in [2.75, 3.05) is 0 Å². The number of aliphatic hydroxyl groups is 1. The van der Waals surface area contributed by atoms with Crippen LogP contribution < -0.4 is 0 Å². The zero-order valence-electron chi connectivity index (χ0n) is 9.42. The molecule has 108 valence electrons. The first-order valence-electron chi connectivity index (χ1n) is 3.86. The van der Waals surface area contributed by atoms with Crippen molar-refractivity contribution in [3.05, 3.63) is 25.3 Å². The van der Waals surface area contributed by atoms with Crippen molar-refractivity contribution in [1.29, 1.82) is 0 Å². The monoisotopic (exact) mass is 303 g/mol. The summed E-state index contributed by atoms with van der Waals surface area (Å²) in [4.78, 5) is 18.5. The van der Waals surface area contributed by atoms with Crippen LogP contribution in [0, 0.1) is 0 Å². The number of carboxylic acid groups (broad SMARTS) is 2. The summed E-state index contributed by atoms with van der Waals surface area (Å²) in [5.74, 6) is -1.96. The summed E-state index contributed by atoms with van der Waals surface area (Å²) in [6.07, 6.45) is 1.67. The topological polar surface area (TPSA) is 155 Å². The zero-order valence-corrected chi connectivity index (χ0v) is 11.1. The number of hydrogen-bond donors (Lipinski definition) is 5. The maximum Gasteiger partial charge on any atom is 0.327 e. The highest BCUT2D eigenvalue weighted by Gasteiger charge is 1.73. The average molecular weight is 303 g/mol. The number of thiol groups is 1. The summed E-state index contributed by atoms with van der Waals surface area (Å²) in [5, 5.41) is 23.1. The van der Waals surface area contributed by atoms with E-state index in [9.17, 15) is 9.59 Å². The Labute approximate surface area is 112 Å². The van der Waals surface area contributed by atoms with E-state index in [4.69, 9.17) is 28.6 Å². The van der Waals surface area contributed by atoms with Crippen LogP contribution in [0.25, 0.3) is 0 Å². The van der Waals surface area contributed by atoms with Gasteiger partial charge in [0.1, 0.15) is 0 Å². The van der Waals surface area contributed by atoms with E-state index in [1.54, 1.807) is 6.92 Å². The Bertz CT molecular complexity index is 239. The van der Waals surface area contributed by atoms with E-state index in [0.717, 1.165) is 12.2 Å². The molecule has 0 aromatic rings. The van der Waals surface area contributed by atoms with Crippen LogP contribution in [0.2, 0.25) is 0 Å². The van der Waals surface area contributed by atoms with Crippen molar-refractivity contribution in [2.24, 2.45) is 0 Å². The van der Waals surface area contributed by atoms with Crippen molar-refractivity contribution in [3.63, 3.8) is 0 Å². The van der Waals surface area contributed by atoms with Crippen molar-refractivity contribution in [3.8, 4) is 0 Å². The number of rotatable bonds is 2. The fourth-order valence-electron chi connectivity index (χ4n) is 0. The Hall–Kier alpha value is -1.20. The molecule has 0 aromatic carbocycles. The van der Waals surface area contributed by atoms with Gasteiger partial charge in [0.05, 0.1) is 16.8 Å². The Morgan fingerprint density at radius 3 is 1.33 bits per heavy atom. The zero-order chi connectivity index (χ0) is 15.7. The summed E-state index contributed by atoms with van der Waals surface area (Å²) in [5.41, 5.74) is -0.472. The van der Waals surface area contributed by atoms with E-state index in [-0.39, 0.29) is 0 Å². The highest BCUT2D eigenvalue weighted by Crippen LogP contribution is 1.78. The molecule has 8 nitrogen and oxygen atoms in total. The van der Waals surface area contributed by atoms with Gasteiger partial charge in [-0.05, 0) is 6.92 Å². The molecule has 2 unspecified atom stereocenters. The molecule has 0 rings (SSSR count). The van der Waals surface area contributed by atoms with Crippen molar-refractivity contribution in [2.45, 2.75) is 12.4 Å². The molecule has 10 heteroatoms. The fourth-order valence-corrected chi connectivity index (χ4v) is 0. The molecule has 0 aliphatic carbocycles. The van der Waals surface area contributed by atoms with Crippen molar-refractivity contribution < 1.29 is 38.2 Å². The molecule has 0 bridgehead atoms. The number of hydrogen-bond acceptors (Lipinski definition) is 6. The van der Waals surface area contributed by atoms with Crippen LogP contribution in [0.3, 0.4) is 0 Å². The van der Waals surface area contributed by atoms with Crippen molar-refractivity contribution >= 4 is 35.9 Å². The SMILES string of the molecule is C=CC(=O)O.C=CC(=O)O.CC(O)S.O=S([O-])O. The van der Waals surface area contributed by atoms with Crippen LogP contribution in [0.5, 0.6) is 0 Å². The third-order valence-electron chi connectivity index (χ3n) is 0.349. The molecule has 2 atom stereocenters. The van der Waals surface area contributed by atoms with Gasteiger partial charge in [-0.3, -0.25) is 0 Å². The largest absolute Gasteiger partial charge is 0.750 e. The van der Waals surface area contributed by atoms with Gasteiger partial charge >= 0.3 is 11.9 Å². The third kappa shape index (κ3) is 360. The van der Waals surface area contributed by atoms with Crippen LogP contribution >= 0.6 is 12.6 Å². The second-order valence-corrected chi connectivity index (χ2v) is 3.12. The minimum atomic E-state index is -2.86. The van der Waals surface area contributed by atoms with Gasteiger partial charge in [-0.25, -0.2) is 13.8 Å². The predicted octanol–water partition coefficient (Wildman–Crippen LogP) is 0.107. The van der Waals surface area contributed by atoms with E-state index in [2.05, 4.69) is 25.8 Å². The second-order valence-electron chi connectivity index (χ2n) is 1.93. The molecule has 0 aliphatic heterocycles. The van der Waals surface area contributed by atoms with E-state index < -0.39 is 28.7 Å². The molecule has 0 heterocycles. The molecular formula is C8H15O8S2-. The van der Waals surface area contributed by atoms with Crippen LogP contribution in [-0.2, 0) is 21.0 Å². The number of carboxylic acids is 2. The normalized spacial score (nSPS) is 10.5. The summed E-state index contributed by atoms with van der Waals surface area (Å²) in [6, 6.07) is 0. The molecule has 0 saturated carbocycles. The lowest BCUT2D eigenvalue weighted by Gasteiger charge is -1.83. The van der Waals surface area contributed by atoms with Gasteiger partial charge < -0.3 is 24.4 Å². The van der Waals surface area contributed by atoms with E-state index in [1.165, 1.54) is 0 Å². The Balaban J connectivity index is -0.0000000731. The Kier molecular flexibility index (Phi) is 30.0. The number of aliphatic hydroxyl groups excluding tert-OH is 1. The fraction of sp³-hybridized carbons (Fsp3) is 0.250. The third-order valence-corrected chi connectivity index (χ3v) is 0.349. The van der Waals surface area contributed by atoms with Gasteiger partial charge in [0, 0.05) is 12.2 Å². The minimum Gasteiger partial charge on any atom is -0.750 e. The van der Waals surface area contributed by atoms with Gasteiger partial charge in [0.25, 0.3) is 0 Å². The summed E-state index contributed by atoms with van der Waals surface area (Å²) >= 11 is 0.660. The lowest BCUT2D eigenvalue weighted by Crippen LogP contribution is -1.82. The number of carbonyl (C=O) groups is 2. The molecule has 0 amide bonds. The smallest absolute Gasteiger partial charge is 0.327 e. The van der Waals surface area contributed by atoms with Crippen LogP contribution in [0.1, 0.15) is 6.92 Å². The molecular weight excluding hydrogens is 288 g/mol. The lowest BCUT2D eigenvalue weighted by molar-refractivity contribution is -0.132. The van der Waals surface area contributed by atoms with Crippen molar-refractivity contribution in [1.82, 2.24) is 0 Å². The molecule has 4 N–H and O–H groups in total. The summed E-state index contributed by atoms with van der Waals surface area (Å²) in [7, 11) is 0. The van der Waals surface area contributed by atoms with Gasteiger partial charge in [0.2, 0.25) is 0 Å². The molecule has 0 aromatic heterocycles. The van der Waals surface area contributed by atoms with E-state index >= 15 is 0 Å². The first kappa shape index (κ1) is 25.6. The van der Waals surface area contributed by atoms with Crippen LogP contribution in [-0.4, -0.2) is 46.0 Å². The molecule has 0 saturated heterocycles. The van der Waals surface area contributed by atoms with Gasteiger partial charge in [-0.1, -0.05) is 13.2 Å². The highest BCUT2D eigenvalue weighted by molar-refractivity contribution is 7.80. The quantitative estimate of drug-likeness (QED) is 0.208. The lowest BCUT2D eigenvalue weighted by atomic mass is 10.7. The van der Waals surface area contributed by atoms with Gasteiger partial charge in [-0.15, -0.1) is 12.6 Å². The van der Waals surface area contributed by atoms with Gasteiger partial charge in [0.15, 0.2) is 0 Å². The maximum atomic E-state index is 9.25. The molecule has 0 radical (unpaired) electrons. The van der Waals surface area contributed by atoms with E-state index in [1.807, 2.05) is 0 Å². The first-order chi connectivity index (χ1) is 8.00. The maximum absolute atomic E-state index is 9.25. The Morgan fingerprint density at radius 2 is 1.33 bits per heavy atom. The van der Waals surface area contributed by atoms with Crippen LogP contribution in [0.15, 0.2) is 25.3 Å². The molecule has 18 heavy (non-hydrogen) atoms. The molecule has 0 spiro atoms. The standard InChI is InChI=1S/2C3H4O2.C2H6OS.H2O3S/c2*1-2-3(4)5;1-2(3)4;1-4(2)3/h2*2H,1H2,(H,4,5);2-4H,1H3;(H2,1,2,3)/p-1. The number of aliphatic carboxylic acids is 2. The average Bonchev–Trinajstić information content (AvgIpc) is 2.16.